The number of anilines is 1. The van der Waals surface area contributed by atoms with Crippen LogP contribution in [0.1, 0.15) is 23.2 Å². The van der Waals surface area contributed by atoms with Gasteiger partial charge in [-0.25, -0.2) is 4.79 Å². The fourth-order valence-electron chi connectivity index (χ4n) is 3.47. The first-order valence-electron chi connectivity index (χ1n) is 9.80. The third-order valence-electron chi connectivity index (χ3n) is 5.26. The number of Topliss-reactive ketones (excluding diaryl/α,β-unsaturated/α-hetero) is 1. The Morgan fingerprint density at radius 3 is 2.25 bits per heavy atom. The maximum Gasteiger partial charge on any atom is 0.411 e. The second kappa shape index (κ2) is 11.4. The highest BCUT2D eigenvalue weighted by atomic mass is 35.5. The van der Waals surface area contributed by atoms with Crippen LogP contribution in [-0.2, 0) is 4.74 Å². The third kappa shape index (κ3) is 7.05. The van der Waals surface area contributed by atoms with Gasteiger partial charge in [0.15, 0.2) is 5.78 Å². The summed E-state index contributed by atoms with van der Waals surface area (Å²) in [5, 5.41) is 2.71. The summed E-state index contributed by atoms with van der Waals surface area (Å²) in [5.41, 5.74) is 1.30. The Hall–Kier alpha value is -1.67. The summed E-state index contributed by atoms with van der Waals surface area (Å²) in [6, 6.07) is 7.02. The van der Waals surface area contributed by atoms with E-state index in [4.69, 9.17) is 4.74 Å². The Kier molecular flexibility index (Phi) is 9.18. The number of benzene rings is 1. The van der Waals surface area contributed by atoms with Crippen LogP contribution in [-0.4, -0.2) is 92.6 Å². The molecule has 156 valence electrons. The van der Waals surface area contributed by atoms with E-state index in [1.54, 1.807) is 24.3 Å². The molecule has 3 rings (SSSR count). The van der Waals surface area contributed by atoms with Gasteiger partial charge in [0.05, 0.1) is 6.54 Å². The van der Waals surface area contributed by atoms with Crippen LogP contribution in [0.2, 0.25) is 0 Å². The van der Waals surface area contributed by atoms with Gasteiger partial charge in [-0.15, -0.1) is 12.4 Å². The molecule has 2 aliphatic rings. The van der Waals surface area contributed by atoms with E-state index >= 15 is 0 Å². The Bertz CT molecular complexity index is 627. The minimum absolute atomic E-state index is 0. The van der Waals surface area contributed by atoms with Gasteiger partial charge in [-0.3, -0.25) is 19.9 Å². The van der Waals surface area contributed by atoms with E-state index in [0.717, 1.165) is 45.8 Å². The molecule has 8 heteroatoms. The van der Waals surface area contributed by atoms with Crippen LogP contribution in [0.5, 0.6) is 0 Å². The average Bonchev–Trinajstić information content (AvgIpc) is 3.17. The van der Waals surface area contributed by atoms with Gasteiger partial charge in [0.2, 0.25) is 0 Å². The van der Waals surface area contributed by atoms with Crippen molar-refractivity contribution >= 4 is 30.0 Å². The number of carbonyl (C=O) groups is 2. The van der Waals surface area contributed by atoms with Crippen LogP contribution >= 0.6 is 12.4 Å². The summed E-state index contributed by atoms with van der Waals surface area (Å²) in [6.07, 6.45) is 2.00. The Morgan fingerprint density at radius 1 is 0.964 bits per heavy atom. The molecule has 0 aliphatic carbocycles. The number of likely N-dealkylation sites (tertiary alicyclic amines) is 1. The number of carbonyl (C=O) groups excluding carboxylic acids is 2. The molecule has 0 spiro atoms. The van der Waals surface area contributed by atoms with Crippen molar-refractivity contribution in [2.24, 2.45) is 0 Å². The number of hydrogen-bond acceptors (Lipinski definition) is 6. The predicted molar refractivity (Wildman–Crippen MR) is 113 cm³/mol. The number of amides is 1. The zero-order valence-electron chi connectivity index (χ0n) is 16.6. The highest BCUT2D eigenvalue weighted by Crippen LogP contribution is 2.12. The molecule has 2 saturated heterocycles. The van der Waals surface area contributed by atoms with Gasteiger partial charge in [0, 0.05) is 44.0 Å². The highest BCUT2D eigenvalue weighted by Gasteiger charge is 2.17. The van der Waals surface area contributed by atoms with Crippen molar-refractivity contribution in [3.8, 4) is 0 Å². The largest absolute Gasteiger partial charge is 0.448 e. The van der Waals surface area contributed by atoms with Gasteiger partial charge in [0.1, 0.15) is 6.61 Å². The minimum atomic E-state index is -0.453. The molecule has 1 aromatic rings. The van der Waals surface area contributed by atoms with Crippen LogP contribution in [0.4, 0.5) is 10.5 Å². The first kappa shape index (κ1) is 22.6. The molecule has 0 atom stereocenters. The molecule has 2 fully saturated rings. The molecule has 28 heavy (non-hydrogen) atoms. The maximum atomic E-state index is 12.4. The molecule has 0 saturated carbocycles. The zero-order valence-corrected chi connectivity index (χ0v) is 17.4. The van der Waals surface area contributed by atoms with E-state index in [1.165, 1.54) is 12.8 Å². The fourth-order valence-corrected chi connectivity index (χ4v) is 3.47. The normalized spacial score (nSPS) is 18.5. The molecular formula is C20H31ClN4O3. The van der Waals surface area contributed by atoms with Crippen LogP contribution < -0.4 is 5.32 Å². The van der Waals surface area contributed by atoms with E-state index < -0.39 is 6.09 Å². The van der Waals surface area contributed by atoms with Crippen molar-refractivity contribution in [1.29, 1.82) is 0 Å². The quantitative estimate of drug-likeness (QED) is 0.695. The van der Waals surface area contributed by atoms with Gasteiger partial charge in [0.25, 0.3) is 0 Å². The van der Waals surface area contributed by atoms with E-state index in [1.807, 2.05) is 0 Å². The number of ether oxygens (including phenoxy) is 1. The Labute approximate surface area is 173 Å². The van der Waals surface area contributed by atoms with Crippen molar-refractivity contribution in [2.75, 3.05) is 71.3 Å². The van der Waals surface area contributed by atoms with Crippen LogP contribution in [0.25, 0.3) is 0 Å². The van der Waals surface area contributed by atoms with Crippen molar-refractivity contribution in [2.45, 2.75) is 12.8 Å². The summed E-state index contributed by atoms with van der Waals surface area (Å²) in [4.78, 5) is 31.0. The van der Waals surface area contributed by atoms with Crippen molar-refractivity contribution in [3.63, 3.8) is 0 Å². The van der Waals surface area contributed by atoms with E-state index in [0.29, 0.717) is 24.4 Å². The molecule has 1 amide bonds. The van der Waals surface area contributed by atoms with E-state index in [9.17, 15) is 9.59 Å². The number of halogens is 1. The monoisotopic (exact) mass is 410 g/mol. The second-order valence-corrected chi connectivity index (χ2v) is 7.39. The molecule has 2 heterocycles. The van der Waals surface area contributed by atoms with Crippen LogP contribution in [0.15, 0.2) is 24.3 Å². The lowest BCUT2D eigenvalue weighted by atomic mass is 10.1. The lowest BCUT2D eigenvalue weighted by Gasteiger charge is -2.31. The molecule has 1 N–H and O–H groups in total. The topological polar surface area (TPSA) is 65.1 Å². The summed E-state index contributed by atoms with van der Waals surface area (Å²) in [7, 11) is 2.10. The van der Waals surface area contributed by atoms with Gasteiger partial charge >= 0.3 is 6.09 Å². The molecule has 1 aromatic carbocycles. The predicted octanol–water partition coefficient (Wildman–Crippen LogP) is 2.18. The highest BCUT2D eigenvalue weighted by molar-refractivity contribution is 5.98. The second-order valence-electron chi connectivity index (χ2n) is 7.39. The number of hydrogen-bond donors (Lipinski definition) is 1. The smallest absolute Gasteiger partial charge is 0.411 e. The average molecular weight is 411 g/mol. The lowest BCUT2D eigenvalue weighted by molar-refractivity contribution is 0.0876. The molecule has 2 aliphatic heterocycles. The number of nitrogens with one attached hydrogen (secondary N) is 1. The summed E-state index contributed by atoms with van der Waals surface area (Å²) >= 11 is 0. The molecular weight excluding hydrogens is 380 g/mol. The Morgan fingerprint density at radius 2 is 1.61 bits per heavy atom. The van der Waals surface area contributed by atoms with E-state index in [2.05, 4.69) is 27.1 Å². The first-order chi connectivity index (χ1) is 13.1. The molecule has 0 aromatic heterocycles. The lowest BCUT2D eigenvalue weighted by Crippen LogP contribution is -2.46. The number of piperazine rings is 1. The summed E-state index contributed by atoms with van der Waals surface area (Å²) in [5.74, 6) is 0.110. The van der Waals surface area contributed by atoms with E-state index in [-0.39, 0.29) is 18.2 Å². The van der Waals surface area contributed by atoms with Gasteiger partial charge in [-0.1, -0.05) is 0 Å². The summed E-state index contributed by atoms with van der Waals surface area (Å²) < 4.78 is 5.23. The van der Waals surface area contributed by atoms with Crippen LogP contribution in [0, 0.1) is 0 Å². The van der Waals surface area contributed by atoms with Crippen molar-refractivity contribution in [3.05, 3.63) is 29.8 Å². The third-order valence-corrected chi connectivity index (χ3v) is 5.26. The number of rotatable bonds is 7. The zero-order chi connectivity index (χ0) is 19.1. The fraction of sp³-hybridized carbons (Fsp3) is 0.600. The number of nitrogens with zero attached hydrogens (tertiary/aromatic N) is 3. The number of ketones is 1. The minimum Gasteiger partial charge on any atom is -0.448 e. The molecule has 0 bridgehead atoms. The first-order valence-corrected chi connectivity index (χ1v) is 9.80. The van der Waals surface area contributed by atoms with Gasteiger partial charge < -0.3 is 9.64 Å². The molecule has 7 nitrogen and oxygen atoms in total. The van der Waals surface area contributed by atoms with Crippen LogP contribution in [0.3, 0.4) is 0 Å². The van der Waals surface area contributed by atoms with Gasteiger partial charge in [-0.2, -0.15) is 0 Å². The SMILES string of the molecule is CN1CCN(CC(=O)c2ccc(NC(=O)OCCN3CCCC3)cc2)CC1.Cl. The summed E-state index contributed by atoms with van der Waals surface area (Å²) in [6.45, 7) is 7.64. The molecule has 0 radical (unpaired) electrons. The molecule has 0 unspecified atom stereocenters. The van der Waals surface area contributed by atoms with Crippen molar-refractivity contribution < 1.29 is 14.3 Å². The van der Waals surface area contributed by atoms with Gasteiger partial charge in [-0.05, 0) is 57.2 Å². The van der Waals surface area contributed by atoms with Crippen molar-refractivity contribution in [1.82, 2.24) is 14.7 Å². The maximum absolute atomic E-state index is 12.4. The standard InChI is InChI=1S/C20H30N4O3.ClH/c1-22-10-12-24(13-11-22)16-19(25)17-4-6-18(7-5-17)21-20(26)27-15-14-23-8-2-3-9-23;/h4-7H,2-3,8-16H2,1H3,(H,21,26);1H. The number of likely N-dealkylation sites (N-methyl/N-ethyl adjacent to an activating group) is 1. The Balaban J connectivity index is 0.00000280.